The molecule has 106 valence electrons. The molecule has 0 atom stereocenters. The van der Waals surface area contributed by atoms with Crippen LogP contribution in [0, 0.1) is 5.82 Å². The van der Waals surface area contributed by atoms with E-state index in [1.54, 1.807) is 0 Å². The molecule has 0 radical (unpaired) electrons. The van der Waals surface area contributed by atoms with Gasteiger partial charge in [-0.25, -0.2) is 4.39 Å². The summed E-state index contributed by atoms with van der Waals surface area (Å²) in [5.41, 5.74) is -0.821. The molecule has 0 saturated carbocycles. The summed E-state index contributed by atoms with van der Waals surface area (Å²) in [4.78, 5) is 0. The van der Waals surface area contributed by atoms with Gasteiger partial charge in [-0.3, -0.25) is 0 Å². The topological polar surface area (TPSA) is 9.23 Å². The predicted molar refractivity (Wildman–Crippen MR) is 70.9 cm³/mol. The van der Waals surface area contributed by atoms with Crippen LogP contribution in [0.1, 0.15) is 5.56 Å². The van der Waals surface area contributed by atoms with E-state index in [1.807, 2.05) is 0 Å². The Morgan fingerprint density at radius 2 is 1.67 bits per heavy atom. The third kappa shape index (κ3) is 4.97. The second-order valence-corrected chi connectivity index (χ2v) is 4.51. The first-order valence-electron chi connectivity index (χ1n) is 5.74. The van der Waals surface area contributed by atoms with Crippen LogP contribution < -0.4 is 61.6 Å². The zero-order valence-electron chi connectivity index (χ0n) is 11.1. The zero-order valence-corrected chi connectivity index (χ0v) is 15.0. The molecule has 0 heterocycles. The maximum atomic E-state index is 13.5. The number of rotatable bonds is 4. The van der Waals surface area contributed by atoms with Crippen LogP contribution in [0.25, 0.3) is 0 Å². The van der Waals surface area contributed by atoms with Gasteiger partial charge in [0.25, 0.3) is 0 Å². The summed E-state index contributed by atoms with van der Waals surface area (Å²) >= 11 is 5.79. The first kappa shape index (κ1) is 19.0. The fraction of sp³-hybridized carbons (Fsp3) is 0.0769. The van der Waals surface area contributed by atoms with Gasteiger partial charge < -0.3 is 17.7 Å². The molecule has 2 aromatic rings. The molecule has 21 heavy (non-hydrogen) atoms. The van der Waals surface area contributed by atoms with Gasteiger partial charge in [-0.2, -0.15) is 0 Å². The number of halogens is 5. The molecule has 0 fully saturated rings. The summed E-state index contributed by atoms with van der Waals surface area (Å²) in [7, 11) is 0. The van der Waals surface area contributed by atoms with Crippen LogP contribution in [0.2, 0.25) is 5.02 Å². The van der Waals surface area contributed by atoms with Crippen molar-refractivity contribution < 1.29 is 73.5 Å². The average molecular weight is 343 g/mol. The molecular weight excluding hydrogens is 333 g/mol. The SMILES string of the molecule is Fc1cccc(Cl)c1COc1ccccc1[B-](F)(F)F.[K+]. The second kappa shape index (κ2) is 7.99. The molecule has 0 amide bonds. The van der Waals surface area contributed by atoms with Crippen LogP contribution in [0.5, 0.6) is 5.75 Å². The van der Waals surface area contributed by atoms with Crippen LogP contribution in [-0.2, 0) is 6.61 Å². The van der Waals surface area contributed by atoms with Crippen molar-refractivity contribution in [2.45, 2.75) is 6.61 Å². The maximum Gasteiger partial charge on any atom is 1.00 e. The molecule has 0 spiro atoms. The van der Waals surface area contributed by atoms with Gasteiger partial charge in [0.05, 0.1) is 10.8 Å². The number of hydrogen-bond donors (Lipinski definition) is 0. The van der Waals surface area contributed by atoms with Crippen molar-refractivity contribution in [3.8, 4) is 5.75 Å². The molecule has 2 aromatic carbocycles. The van der Waals surface area contributed by atoms with Gasteiger partial charge in [0.1, 0.15) is 12.4 Å². The fourth-order valence-corrected chi connectivity index (χ4v) is 1.92. The van der Waals surface area contributed by atoms with E-state index >= 15 is 0 Å². The Morgan fingerprint density at radius 1 is 1.00 bits per heavy atom. The Bertz CT molecular complexity index is 601. The number of hydrogen-bond acceptors (Lipinski definition) is 1. The van der Waals surface area contributed by atoms with Crippen molar-refractivity contribution >= 4 is 24.0 Å². The van der Waals surface area contributed by atoms with E-state index in [0.717, 1.165) is 6.07 Å². The van der Waals surface area contributed by atoms with E-state index in [-0.39, 0.29) is 74.3 Å². The molecule has 0 aliphatic rings. The summed E-state index contributed by atoms with van der Waals surface area (Å²) < 4.78 is 57.0. The smallest absolute Gasteiger partial charge is 0.492 e. The molecule has 0 unspecified atom stereocenters. The summed E-state index contributed by atoms with van der Waals surface area (Å²) in [6.07, 6.45) is 0. The Kier molecular flexibility index (Phi) is 7.23. The normalized spacial score (nSPS) is 10.9. The largest absolute Gasteiger partial charge is 1.00 e. The number of benzene rings is 2. The molecule has 0 saturated heterocycles. The first-order chi connectivity index (χ1) is 9.39. The van der Waals surface area contributed by atoms with Gasteiger partial charge >= 0.3 is 58.4 Å². The quantitative estimate of drug-likeness (QED) is 0.598. The van der Waals surface area contributed by atoms with Crippen LogP contribution >= 0.6 is 11.6 Å². The Labute approximate surface area is 167 Å². The summed E-state index contributed by atoms with van der Waals surface area (Å²) in [6, 6.07) is 8.84. The average Bonchev–Trinajstić information content (AvgIpc) is 2.37. The molecule has 1 nitrogen and oxygen atoms in total. The predicted octanol–water partition coefficient (Wildman–Crippen LogP) is 1.12. The molecule has 0 N–H and O–H groups in total. The van der Waals surface area contributed by atoms with Crippen molar-refractivity contribution in [2.75, 3.05) is 0 Å². The maximum absolute atomic E-state index is 13.5. The molecule has 0 aliphatic carbocycles. The van der Waals surface area contributed by atoms with Crippen LogP contribution in [0.3, 0.4) is 0 Å². The van der Waals surface area contributed by atoms with E-state index in [1.165, 1.54) is 36.4 Å². The van der Waals surface area contributed by atoms with Crippen molar-refractivity contribution in [3.05, 3.63) is 58.9 Å². The number of para-hydroxylation sites is 1. The van der Waals surface area contributed by atoms with Gasteiger partial charge in [-0.05, 0) is 18.2 Å². The third-order valence-electron chi connectivity index (χ3n) is 2.71. The van der Waals surface area contributed by atoms with Crippen molar-refractivity contribution in [1.29, 1.82) is 0 Å². The van der Waals surface area contributed by atoms with Gasteiger partial charge in [0.15, 0.2) is 0 Å². The number of ether oxygens (including phenoxy) is 1. The first-order valence-corrected chi connectivity index (χ1v) is 6.12. The van der Waals surface area contributed by atoms with E-state index < -0.39 is 18.3 Å². The second-order valence-electron chi connectivity index (χ2n) is 4.10. The van der Waals surface area contributed by atoms with E-state index in [9.17, 15) is 17.3 Å². The minimum absolute atomic E-state index is 0. The minimum atomic E-state index is -5.19. The van der Waals surface area contributed by atoms with Crippen molar-refractivity contribution in [3.63, 3.8) is 0 Å². The molecule has 8 heteroatoms. The summed E-state index contributed by atoms with van der Waals surface area (Å²) in [5, 5.41) is 0.111. The van der Waals surface area contributed by atoms with Crippen molar-refractivity contribution in [1.82, 2.24) is 0 Å². The Hall–Kier alpha value is -0.0487. The standard InChI is InChI=1S/C13H9BClF4O.K/c15-11-5-3-6-12(16)9(11)8-20-13-7-2-1-4-10(13)14(17,18)19;/h1-7H,8H2;/q-1;+1. The van der Waals surface area contributed by atoms with Gasteiger partial charge in [-0.15, -0.1) is 0 Å². The Balaban J connectivity index is 0.00000220. The summed E-state index contributed by atoms with van der Waals surface area (Å²) in [5.74, 6) is -0.952. The van der Waals surface area contributed by atoms with E-state index in [4.69, 9.17) is 16.3 Å². The van der Waals surface area contributed by atoms with Gasteiger partial charge in [0, 0.05) is 5.56 Å². The van der Waals surface area contributed by atoms with Crippen LogP contribution in [0.15, 0.2) is 42.5 Å². The monoisotopic (exact) mass is 342 g/mol. The van der Waals surface area contributed by atoms with Crippen LogP contribution in [-0.4, -0.2) is 6.98 Å². The molecular formula is C13H9BClF4KO. The fourth-order valence-electron chi connectivity index (χ4n) is 1.70. The molecule has 0 bridgehead atoms. The van der Waals surface area contributed by atoms with Crippen molar-refractivity contribution in [2.24, 2.45) is 0 Å². The Morgan fingerprint density at radius 3 is 2.29 bits per heavy atom. The molecule has 0 aromatic heterocycles. The zero-order chi connectivity index (χ0) is 14.8. The van der Waals surface area contributed by atoms with E-state index in [0.29, 0.717) is 0 Å². The van der Waals surface area contributed by atoms with E-state index in [2.05, 4.69) is 0 Å². The van der Waals surface area contributed by atoms with Gasteiger partial charge in [0.2, 0.25) is 0 Å². The third-order valence-corrected chi connectivity index (χ3v) is 3.06. The van der Waals surface area contributed by atoms with Gasteiger partial charge in [-0.1, -0.05) is 41.3 Å². The van der Waals surface area contributed by atoms with Crippen LogP contribution in [0.4, 0.5) is 17.3 Å². The minimum Gasteiger partial charge on any atom is -0.492 e. The molecule has 0 aliphatic heterocycles. The summed E-state index contributed by atoms with van der Waals surface area (Å²) in [6.45, 7) is -5.56. The molecule has 2 rings (SSSR count).